The van der Waals surface area contributed by atoms with Gasteiger partial charge in [-0.25, -0.2) is 18.1 Å². The Morgan fingerprint density at radius 3 is 2.48 bits per heavy atom. The van der Waals surface area contributed by atoms with Crippen molar-refractivity contribution < 1.29 is 17.9 Å². The molecule has 1 amide bonds. The normalized spacial score (nSPS) is 11.6. The van der Waals surface area contributed by atoms with E-state index < -0.39 is 21.2 Å². The van der Waals surface area contributed by atoms with Crippen molar-refractivity contribution in [3.8, 4) is 17.0 Å². The van der Waals surface area contributed by atoms with Gasteiger partial charge in [-0.05, 0) is 55.8 Å². The van der Waals surface area contributed by atoms with Gasteiger partial charge in [0.2, 0.25) is 10.0 Å². The number of rotatable bonds is 7. The van der Waals surface area contributed by atoms with Crippen molar-refractivity contribution in [3.05, 3.63) is 84.2 Å². The number of amides is 1. The highest BCUT2D eigenvalue weighted by Crippen LogP contribution is 2.31. The number of nitrogens with zero attached hydrogens (tertiary/aromatic N) is 2. The van der Waals surface area contributed by atoms with E-state index in [9.17, 15) is 13.2 Å². The van der Waals surface area contributed by atoms with Crippen LogP contribution in [0.4, 0.5) is 0 Å². The SMILES string of the molecule is COc1ccc2c(c1)cc(-c1ccccc1)n2Cc1cccc(C(=O)NS(=O)(=O)C(C)C)n1. The highest BCUT2D eigenvalue weighted by atomic mass is 32.2. The summed E-state index contributed by atoms with van der Waals surface area (Å²) in [5.74, 6) is 0.0263. The number of methoxy groups -OCH3 is 1. The molecule has 2 aromatic carbocycles. The molecule has 0 unspecified atom stereocenters. The number of hydrogen-bond acceptors (Lipinski definition) is 5. The maximum atomic E-state index is 12.5. The molecule has 8 heteroatoms. The standard InChI is InChI=1S/C25H25N3O4S/c1-17(2)33(30,31)27-25(29)22-11-7-10-20(26-22)16-28-23-13-12-21(32-3)14-19(23)15-24(28)18-8-5-4-6-9-18/h4-15,17H,16H2,1-3H3,(H,27,29). The van der Waals surface area contributed by atoms with Crippen LogP contribution in [0.3, 0.4) is 0 Å². The van der Waals surface area contributed by atoms with Gasteiger partial charge in [-0.3, -0.25) is 4.79 Å². The van der Waals surface area contributed by atoms with Crippen LogP contribution in [0.2, 0.25) is 0 Å². The number of carbonyl (C=O) groups excluding carboxylic acids is 1. The van der Waals surface area contributed by atoms with Crippen LogP contribution >= 0.6 is 0 Å². The molecular formula is C25H25N3O4S. The molecule has 0 saturated carbocycles. The minimum atomic E-state index is -3.74. The van der Waals surface area contributed by atoms with Crippen LogP contribution < -0.4 is 9.46 Å². The molecule has 0 aliphatic carbocycles. The van der Waals surface area contributed by atoms with Crippen molar-refractivity contribution in [1.29, 1.82) is 0 Å². The first kappa shape index (κ1) is 22.5. The van der Waals surface area contributed by atoms with E-state index >= 15 is 0 Å². The van der Waals surface area contributed by atoms with Crippen LogP contribution in [-0.2, 0) is 16.6 Å². The van der Waals surface area contributed by atoms with E-state index in [1.165, 1.54) is 19.9 Å². The average molecular weight is 464 g/mol. The Labute approximate surface area is 193 Å². The number of aromatic nitrogens is 2. The summed E-state index contributed by atoms with van der Waals surface area (Å²) in [6, 6.07) is 23.0. The Hall–Kier alpha value is -3.65. The van der Waals surface area contributed by atoms with Gasteiger partial charge in [-0.2, -0.15) is 0 Å². The molecule has 33 heavy (non-hydrogen) atoms. The molecule has 2 aromatic heterocycles. The molecule has 0 spiro atoms. The second kappa shape index (κ2) is 9.07. The van der Waals surface area contributed by atoms with Crippen LogP contribution in [0.5, 0.6) is 5.75 Å². The molecule has 0 fully saturated rings. The number of ether oxygens (including phenoxy) is 1. The summed E-state index contributed by atoms with van der Waals surface area (Å²) < 4.78 is 33.8. The van der Waals surface area contributed by atoms with Crippen molar-refractivity contribution in [2.75, 3.05) is 7.11 Å². The lowest BCUT2D eigenvalue weighted by Crippen LogP contribution is -2.36. The molecule has 0 atom stereocenters. The summed E-state index contributed by atoms with van der Waals surface area (Å²) >= 11 is 0. The van der Waals surface area contributed by atoms with Crippen LogP contribution in [-0.4, -0.2) is 36.2 Å². The summed E-state index contributed by atoms with van der Waals surface area (Å²) in [6.45, 7) is 3.42. The number of benzene rings is 2. The third-order valence-electron chi connectivity index (χ3n) is 5.39. The maximum absolute atomic E-state index is 12.5. The lowest BCUT2D eigenvalue weighted by molar-refractivity contribution is 0.0976. The quantitative estimate of drug-likeness (QED) is 0.443. The average Bonchev–Trinajstić information content (AvgIpc) is 3.16. The summed E-state index contributed by atoms with van der Waals surface area (Å²) in [6.07, 6.45) is 0. The zero-order chi connectivity index (χ0) is 23.6. The molecular weight excluding hydrogens is 438 g/mol. The highest BCUT2D eigenvalue weighted by molar-refractivity contribution is 7.90. The number of hydrogen-bond donors (Lipinski definition) is 1. The molecule has 0 radical (unpaired) electrons. The number of nitrogens with one attached hydrogen (secondary N) is 1. The Kier molecular flexibility index (Phi) is 6.20. The summed E-state index contributed by atoms with van der Waals surface area (Å²) in [5.41, 5.74) is 3.72. The molecule has 4 rings (SSSR count). The van der Waals surface area contributed by atoms with E-state index in [1.54, 1.807) is 13.2 Å². The van der Waals surface area contributed by atoms with Gasteiger partial charge >= 0.3 is 0 Å². The molecule has 0 aliphatic heterocycles. The zero-order valence-electron chi connectivity index (χ0n) is 18.6. The number of pyridine rings is 1. The van der Waals surface area contributed by atoms with Crippen molar-refractivity contribution in [1.82, 2.24) is 14.3 Å². The second-order valence-corrected chi connectivity index (χ2v) is 10.2. The number of sulfonamides is 1. The van der Waals surface area contributed by atoms with E-state index in [0.717, 1.165) is 27.9 Å². The fourth-order valence-electron chi connectivity index (χ4n) is 3.55. The first-order valence-electron chi connectivity index (χ1n) is 10.5. The van der Waals surface area contributed by atoms with Crippen molar-refractivity contribution >= 4 is 26.8 Å². The van der Waals surface area contributed by atoms with Gasteiger partial charge in [0.15, 0.2) is 0 Å². The molecule has 0 saturated heterocycles. The van der Waals surface area contributed by atoms with Gasteiger partial charge < -0.3 is 9.30 Å². The predicted octanol–water partition coefficient (Wildman–Crippen LogP) is 4.23. The van der Waals surface area contributed by atoms with Gasteiger partial charge in [-0.15, -0.1) is 0 Å². The summed E-state index contributed by atoms with van der Waals surface area (Å²) in [4.78, 5) is 17.0. The first-order valence-corrected chi connectivity index (χ1v) is 12.1. The molecule has 2 heterocycles. The lowest BCUT2D eigenvalue weighted by Gasteiger charge is -2.13. The Morgan fingerprint density at radius 1 is 1.03 bits per heavy atom. The largest absolute Gasteiger partial charge is 0.497 e. The monoisotopic (exact) mass is 463 g/mol. The highest BCUT2D eigenvalue weighted by Gasteiger charge is 2.21. The van der Waals surface area contributed by atoms with Gasteiger partial charge in [-0.1, -0.05) is 36.4 Å². The molecule has 0 bridgehead atoms. The Balaban J connectivity index is 1.73. The lowest BCUT2D eigenvalue weighted by atomic mass is 10.1. The molecule has 1 N–H and O–H groups in total. The minimum absolute atomic E-state index is 0.0520. The van der Waals surface area contributed by atoms with Crippen molar-refractivity contribution in [3.63, 3.8) is 0 Å². The topological polar surface area (TPSA) is 90.3 Å². The smallest absolute Gasteiger partial charge is 0.283 e. The predicted molar refractivity (Wildman–Crippen MR) is 129 cm³/mol. The summed E-state index contributed by atoms with van der Waals surface area (Å²) in [5, 5.41) is 0.298. The van der Waals surface area contributed by atoms with Crippen LogP contribution in [0.1, 0.15) is 30.0 Å². The third kappa shape index (κ3) is 4.75. The Morgan fingerprint density at radius 2 is 1.79 bits per heavy atom. The van der Waals surface area contributed by atoms with Crippen LogP contribution in [0.25, 0.3) is 22.2 Å². The van der Waals surface area contributed by atoms with Gasteiger partial charge in [0, 0.05) is 16.6 Å². The molecule has 7 nitrogen and oxygen atoms in total. The van der Waals surface area contributed by atoms with Crippen molar-refractivity contribution in [2.45, 2.75) is 25.6 Å². The fourth-order valence-corrected chi connectivity index (χ4v) is 4.15. The van der Waals surface area contributed by atoms with E-state index in [4.69, 9.17) is 4.74 Å². The Bertz CT molecular complexity index is 1410. The number of carbonyl (C=O) groups is 1. The van der Waals surface area contributed by atoms with Gasteiger partial charge in [0.25, 0.3) is 5.91 Å². The molecule has 170 valence electrons. The second-order valence-electron chi connectivity index (χ2n) is 7.95. The minimum Gasteiger partial charge on any atom is -0.497 e. The molecule has 4 aromatic rings. The van der Waals surface area contributed by atoms with E-state index in [-0.39, 0.29) is 5.69 Å². The fraction of sp³-hybridized carbons (Fsp3) is 0.200. The zero-order valence-corrected chi connectivity index (χ0v) is 19.5. The van der Waals surface area contributed by atoms with Crippen molar-refractivity contribution in [2.24, 2.45) is 0 Å². The molecule has 0 aliphatic rings. The van der Waals surface area contributed by atoms with E-state index in [2.05, 4.69) is 20.3 Å². The first-order chi connectivity index (χ1) is 15.8. The number of fused-ring (bicyclic) bond motifs is 1. The van der Waals surface area contributed by atoms with Gasteiger partial charge in [0.05, 0.1) is 24.6 Å². The van der Waals surface area contributed by atoms with Gasteiger partial charge in [0.1, 0.15) is 11.4 Å². The van der Waals surface area contributed by atoms with Crippen LogP contribution in [0.15, 0.2) is 72.8 Å². The van der Waals surface area contributed by atoms with E-state index in [0.29, 0.717) is 12.2 Å². The van der Waals surface area contributed by atoms with Crippen LogP contribution in [0, 0.1) is 0 Å². The van der Waals surface area contributed by atoms with E-state index in [1.807, 2.05) is 54.6 Å². The summed E-state index contributed by atoms with van der Waals surface area (Å²) in [7, 11) is -2.11. The third-order valence-corrected chi connectivity index (χ3v) is 7.10. The maximum Gasteiger partial charge on any atom is 0.283 e.